The predicted octanol–water partition coefficient (Wildman–Crippen LogP) is -1.31. The minimum absolute atomic E-state index is 0. The van der Waals surface area contributed by atoms with Crippen molar-refractivity contribution in [3.8, 4) is 11.5 Å². The Hall–Kier alpha value is -4.29. The van der Waals surface area contributed by atoms with Crippen LogP contribution in [0.15, 0.2) is 77.0 Å². The number of hydrogen-bond acceptors (Lipinski definition) is 15. The number of nitro groups is 2. The molecule has 0 aliphatic carbocycles. The van der Waals surface area contributed by atoms with Crippen LogP contribution in [0.4, 0.5) is 11.4 Å². The molecular weight excluding hydrogens is 652 g/mol. The molecule has 18 heteroatoms. The molecule has 0 spiro atoms. The van der Waals surface area contributed by atoms with Crippen LogP contribution in [0, 0.1) is 20.2 Å². The standard InChI is InChI=1S/2C11H14N2O6.C5H5N.Zn/c2*14-5-11(6-15,7-16)12-4-8-3-9(13(18)19)1-2-10(8)17;1-2-4-6-5-3-1;/h2*1-4,14-17H,5-7H2;1-5H;/q;;;+2/p-2. The third-order valence-corrected chi connectivity index (χ3v) is 5.70. The van der Waals surface area contributed by atoms with Crippen molar-refractivity contribution in [1.82, 2.24) is 4.98 Å². The third-order valence-electron chi connectivity index (χ3n) is 5.70. The molecule has 2 aromatic carbocycles. The van der Waals surface area contributed by atoms with Crippen LogP contribution in [0.5, 0.6) is 11.5 Å². The van der Waals surface area contributed by atoms with Crippen molar-refractivity contribution < 1.29 is 70.2 Å². The monoisotopic (exact) mass is 681 g/mol. The number of nitrogens with zero attached hydrogens (tertiary/aromatic N) is 5. The summed E-state index contributed by atoms with van der Waals surface area (Å²) in [6, 6.07) is 12.0. The van der Waals surface area contributed by atoms with E-state index in [0.29, 0.717) is 0 Å². The van der Waals surface area contributed by atoms with E-state index in [-0.39, 0.29) is 42.0 Å². The summed E-state index contributed by atoms with van der Waals surface area (Å²) in [6.07, 6.45) is 5.50. The Labute approximate surface area is 269 Å². The quantitative estimate of drug-likeness (QED) is 0.0560. The Morgan fingerprint density at radius 1 is 0.644 bits per heavy atom. The van der Waals surface area contributed by atoms with E-state index < -0.39 is 72.1 Å². The van der Waals surface area contributed by atoms with E-state index in [9.17, 15) is 30.4 Å². The van der Waals surface area contributed by atoms with E-state index in [1.807, 2.05) is 18.2 Å². The number of aromatic nitrogens is 1. The van der Waals surface area contributed by atoms with Gasteiger partial charge in [-0.25, -0.2) is 0 Å². The van der Waals surface area contributed by atoms with Crippen LogP contribution in [-0.2, 0) is 19.5 Å². The van der Waals surface area contributed by atoms with Crippen molar-refractivity contribution in [2.45, 2.75) is 11.1 Å². The van der Waals surface area contributed by atoms with Crippen molar-refractivity contribution in [1.29, 1.82) is 0 Å². The van der Waals surface area contributed by atoms with Crippen molar-refractivity contribution in [2.24, 2.45) is 9.98 Å². The van der Waals surface area contributed by atoms with Gasteiger partial charge in [0, 0.05) is 49.1 Å². The number of pyridine rings is 1. The van der Waals surface area contributed by atoms with Gasteiger partial charge in [-0.2, -0.15) is 0 Å². The molecule has 0 unspecified atom stereocenters. The van der Waals surface area contributed by atoms with Gasteiger partial charge >= 0.3 is 19.5 Å². The summed E-state index contributed by atoms with van der Waals surface area (Å²) in [4.78, 5) is 31.1. The Balaban J connectivity index is 0.000000711. The number of aliphatic hydroxyl groups excluding tert-OH is 6. The molecule has 0 fully saturated rings. The summed E-state index contributed by atoms with van der Waals surface area (Å²) in [7, 11) is 0. The van der Waals surface area contributed by atoms with Crippen molar-refractivity contribution >= 4 is 23.8 Å². The number of benzene rings is 2. The molecule has 238 valence electrons. The topological polar surface area (TPSA) is 291 Å². The first-order chi connectivity index (χ1) is 21.0. The van der Waals surface area contributed by atoms with Gasteiger partial charge in [0.05, 0.1) is 49.5 Å². The van der Waals surface area contributed by atoms with Gasteiger partial charge in [0.1, 0.15) is 11.1 Å². The fourth-order valence-corrected chi connectivity index (χ4v) is 2.77. The molecular formula is C27H31N5O12Zn. The minimum Gasteiger partial charge on any atom is -0.872 e. The molecule has 0 aliphatic heterocycles. The predicted molar refractivity (Wildman–Crippen MR) is 152 cm³/mol. The fourth-order valence-electron chi connectivity index (χ4n) is 2.77. The van der Waals surface area contributed by atoms with Crippen LogP contribution in [0.1, 0.15) is 11.1 Å². The van der Waals surface area contributed by atoms with Crippen molar-refractivity contribution in [3.05, 3.63) is 98.3 Å². The maximum Gasteiger partial charge on any atom is 2.00 e. The molecule has 45 heavy (non-hydrogen) atoms. The molecule has 0 bridgehead atoms. The third kappa shape index (κ3) is 13.1. The summed E-state index contributed by atoms with van der Waals surface area (Å²) < 4.78 is 0. The fraction of sp³-hybridized carbons (Fsp3) is 0.296. The number of non-ortho nitro benzene ring substituents is 2. The first-order valence-corrected chi connectivity index (χ1v) is 12.5. The average Bonchev–Trinajstić information content (AvgIpc) is 3.05. The molecule has 6 N–H and O–H groups in total. The van der Waals surface area contributed by atoms with Crippen molar-refractivity contribution in [3.63, 3.8) is 0 Å². The molecule has 0 atom stereocenters. The SMILES string of the molecule is O=[N+]([O-])c1ccc([O-])c(C=NC(CO)(CO)CO)c1.O=[N+]([O-])c1ccc([O-])c(C=NC(CO)(CO)CO)c1.[Zn+2].c1ccncc1. The second-order valence-corrected chi connectivity index (χ2v) is 8.90. The largest absolute Gasteiger partial charge is 2.00 e. The maximum atomic E-state index is 11.5. The second-order valence-electron chi connectivity index (χ2n) is 8.90. The normalized spacial score (nSPS) is 11.2. The van der Waals surface area contributed by atoms with Crippen LogP contribution in [0.2, 0.25) is 0 Å². The van der Waals surface area contributed by atoms with E-state index in [4.69, 9.17) is 30.6 Å². The number of aliphatic hydroxyl groups is 6. The zero-order chi connectivity index (χ0) is 33.2. The van der Waals surface area contributed by atoms with Crippen LogP contribution < -0.4 is 10.2 Å². The minimum atomic E-state index is -1.52. The van der Waals surface area contributed by atoms with Gasteiger partial charge in [-0.3, -0.25) is 35.2 Å². The van der Waals surface area contributed by atoms with E-state index in [1.54, 1.807) is 12.4 Å². The van der Waals surface area contributed by atoms with E-state index in [1.165, 1.54) is 0 Å². The van der Waals surface area contributed by atoms with Gasteiger partial charge in [0.15, 0.2) is 0 Å². The number of nitro benzene ring substituents is 2. The smallest absolute Gasteiger partial charge is 0.872 e. The molecule has 17 nitrogen and oxygen atoms in total. The Bertz CT molecular complexity index is 1260. The molecule has 1 aromatic heterocycles. The summed E-state index contributed by atoms with van der Waals surface area (Å²) in [6.45, 7) is -3.75. The number of rotatable bonds is 12. The van der Waals surface area contributed by atoms with Gasteiger partial charge in [-0.15, -0.1) is 0 Å². The Kier molecular flexibility index (Phi) is 18.7. The zero-order valence-electron chi connectivity index (χ0n) is 23.8. The van der Waals surface area contributed by atoms with Crippen LogP contribution in [0.25, 0.3) is 0 Å². The van der Waals surface area contributed by atoms with Crippen LogP contribution in [0.3, 0.4) is 0 Å². The Morgan fingerprint density at radius 3 is 1.20 bits per heavy atom. The first-order valence-electron chi connectivity index (χ1n) is 12.5. The zero-order valence-corrected chi connectivity index (χ0v) is 26.8. The number of hydrogen-bond donors (Lipinski definition) is 6. The van der Waals surface area contributed by atoms with E-state index >= 15 is 0 Å². The number of aliphatic imine (C=N–C) groups is 2. The molecule has 0 aliphatic rings. The summed E-state index contributed by atoms with van der Waals surface area (Å²) in [5, 5.41) is 98.4. The van der Waals surface area contributed by atoms with E-state index in [0.717, 1.165) is 48.8 Å². The van der Waals surface area contributed by atoms with Gasteiger partial charge in [-0.05, 0) is 23.3 Å². The average molecular weight is 683 g/mol. The first kappa shape index (κ1) is 40.7. The molecule has 0 saturated heterocycles. The molecule has 0 saturated carbocycles. The molecule has 0 amide bonds. The summed E-state index contributed by atoms with van der Waals surface area (Å²) in [5.74, 6) is -0.978. The van der Waals surface area contributed by atoms with Gasteiger partial charge in [0.25, 0.3) is 11.4 Å². The van der Waals surface area contributed by atoms with Gasteiger partial charge in [-0.1, -0.05) is 29.7 Å². The summed E-state index contributed by atoms with van der Waals surface area (Å²) >= 11 is 0. The molecule has 3 rings (SSSR count). The molecule has 0 radical (unpaired) electrons. The van der Waals surface area contributed by atoms with Crippen LogP contribution >= 0.6 is 0 Å². The van der Waals surface area contributed by atoms with Crippen LogP contribution in [-0.4, -0.2) is 109 Å². The molecule has 1 heterocycles. The van der Waals surface area contributed by atoms with Gasteiger partial charge in [0.2, 0.25) is 0 Å². The Morgan fingerprint density at radius 2 is 0.978 bits per heavy atom. The van der Waals surface area contributed by atoms with E-state index in [2.05, 4.69) is 15.0 Å². The maximum absolute atomic E-state index is 11.5. The second kappa shape index (κ2) is 20.6. The molecule has 3 aromatic rings. The summed E-state index contributed by atoms with van der Waals surface area (Å²) in [5.41, 5.74) is -3.70. The van der Waals surface area contributed by atoms with Gasteiger partial charge < -0.3 is 40.9 Å². The van der Waals surface area contributed by atoms with Crippen molar-refractivity contribution in [2.75, 3.05) is 39.6 Å².